The van der Waals surface area contributed by atoms with Crippen molar-refractivity contribution in [3.8, 4) is 6.07 Å². The minimum absolute atomic E-state index is 0.121. The highest BCUT2D eigenvalue weighted by Gasteiger charge is 2.31. The number of carbonyl (C=O) groups excluding carboxylic acids is 1. The SMILES string of the molecule is Cc1ccc(CN(CCc2ccccc2)C(=O)CN(Cc2ccc(C#N)cc2)C2CC2)o1. The lowest BCUT2D eigenvalue weighted by Gasteiger charge is -2.27. The molecule has 1 amide bonds. The third-order valence-electron chi connectivity index (χ3n) is 5.88. The molecule has 32 heavy (non-hydrogen) atoms. The molecular weight excluding hydrogens is 398 g/mol. The largest absolute Gasteiger partial charge is 0.464 e. The first-order valence-corrected chi connectivity index (χ1v) is 11.2. The zero-order valence-electron chi connectivity index (χ0n) is 18.5. The lowest BCUT2D eigenvalue weighted by atomic mass is 10.1. The van der Waals surface area contributed by atoms with Crippen molar-refractivity contribution in [3.63, 3.8) is 0 Å². The maximum Gasteiger partial charge on any atom is 0.237 e. The molecule has 0 radical (unpaired) electrons. The topological polar surface area (TPSA) is 60.5 Å². The number of hydrogen-bond donors (Lipinski definition) is 0. The normalized spacial score (nSPS) is 13.2. The van der Waals surface area contributed by atoms with Gasteiger partial charge in [-0.25, -0.2) is 0 Å². The second-order valence-electron chi connectivity index (χ2n) is 8.51. The highest BCUT2D eigenvalue weighted by molar-refractivity contribution is 5.78. The van der Waals surface area contributed by atoms with Gasteiger partial charge < -0.3 is 9.32 Å². The molecule has 1 saturated carbocycles. The van der Waals surface area contributed by atoms with E-state index in [2.05, 4.69) is 23.1 Å². The molecule has 164 valence electrons. The monoisotopic (exact) mass is 427 g/mol. The molecule has 3 aromatic rings. The van der Waals surface area contributed by atoms with Gasteiger partial charge in [0, 0.05) is 19.1 Å². The number of hydrogen-bond acceptors (Lipinski definition) is 4. The van der Waals surface area contributed by atoms with E-state index in [0.717, 1.165) is 36.3 Å². The average molecular weight is 428 g/mol. The molecule has 5 nitrogen and oxygen atoms in total. The van der Waals surface area contributed by atoms with E-state index in [0.29, 0.717) is 37.8 Å². The number of aryl methyl sites for hydroxylation is 1. The van der Waals surface area contributed by atoms with E-state index in [-0.39, 0.29) is 5.91 Å². The van der Waals surface area contributed by atoms with Gasteiger partial charge in [0.15, 0.2) is 0 Å². The number of benzene rings is 2. The Balaban J connectivity index is 1.44. The minimum Gasteiger partial charge on any atom is -0.464 e. The summed E-state index contributed by atoms with van der Waals surface area (Å²) in [6.45, 7) is 4.16. The van der Waals surface area contributed by atoms with Gasteiger partial charge in [-0.1, -0.05) is 42.5 Å². The van der Waals surface area contributed by atoms with Crippen LogP contribution in [-0.4, -0.2) is 34.8 Å². The lowest BCUT2D eigenvalue weighted by Crippen LogP contribution is -2.41. The summed E-state index contributed by atoms with van der Waals surface area (Å²) < 4.78 is 5.76. The average Bonchev–Trinajstić information content (AvgIpc) is 3.59. The number of furan rings is 1. The standard InChI is InChI=1S/C27H29N3O2/c1-21-7-14-26(32-21)19-29(16-15-22-5-3-2-4-6-22)27(31)20-30(25-12-13-25)18-24-10-8-23(17-28)9-11-24/h2-11,14,25H,12-13,15-16,18-20H2,1H3. The Labute approximate surface area is 189 Å². The maximum atomic E-state index is 13.4. The van der Waals surface area contributed by atoms with Crippen LogP contribution in [0.1, 0.15) is 41.1 Å². The smallest absolute Gasteiger partial charge is 0.237 e. The Hall–Kier alpha value is -3.36. The van der Waals surface area contributed by atoms with Gasteiger partial charge in [-0.2, -0.15) is 5.26 Å². The Bertz CT molecular complexity index is 1060. The van der Waals surface area contributed by atoms with Gasteiger partial charge in [-0.3, -0.25) is 9.69 Å². The number of rotatable bonds is 10. The first-order valence-electron chi connectivity index (χ1n) is 11.2. The summed E-state index contributed by atoms with van der Waals surface area (Å²) in [5.41, 5.74) is 3.00. The van der Waals surface area contributed by atoms with E-state index >= 15 is 0 Å². The summed E-state index contributed by atoms with van der Waals surface area (Å²) in [6.07, 6.45) is 3.07. The van der Waals surface area contributed by atoms with Gasteiger partial charge in [0.2, 0.25) is 5.91 Å². The van der Waals surface area contributed by atoms with Crippen LogP contribution in [0, 0.1) is 18.3 Å². The van der Waals surface area contributed by atoms with Gasteiger partial charge in [0.05, 0.1) is 24.7 Å². The van der Waals surface area contributed by atoms with Crippen molar-refractivity contribution in [2.24, 2.45) is 0 Å². The predicted molar refractivity (Wildman–Crippen MR) is 124 cm³/mol. The number of nitriles is 1. The Morgan fingerprint density at radius 2 is 1.75 bits per heavy atom. The van der Waals surface area contributed by atoms with E-state index in [9.17, 15) is 4.79 Å². The molecule has 1 fully saturated rings. The second kappa shape index (κ2) is 10.3. The van der Waals surface area contributed by atoms with E-state index in [1.54, 1.807) is 0 Å². The van der Waals surface area contributed by atoms with Crippen molar-refractivity contribution in [1.82, 2.24) is 9.80 Å². The van der Waals surface area contributed by atoms with E-state index in [1.807, 2.05) is 66.4 Å². The summed E-state index contributed by atoms with van der Waals surface area (Å²) in [6, 6.07) is 24.4. The van der Waals surface area contributed by atoms with Crippen LogP contribution < -0.4 is 0 Å². The summed E-state index contributed by atoms with van der Waals surface area (Å²) in [5.74, 6) is 1.79. The van der Waals surface area contributed by atoms with Gasteiger partial charge in [0.25, 0.3) is 0 Å². The molecule has 0 spiro atoms. The molecule has 2 aromatic carbocycles. The van der Waals surface area contributed by atoms with Crippen LogP contribution in [0.3, 0.4) is 0 Å². The van der Waals surface area contributed by atoms with E-state index in [1.165, 1.54) is 5.56 Å². The van der Waals surface area contributed by atoms with Crippen molar-refractivity contribution in [3.05, 3.63) is 94.9 Å². The summed E-state index contributed by atoms with van der Waals surface area (Å²) in [4.78, 5) is 17.6. The summed E-state index contributed by atoms with van der Waals surface area (Å²) in [5, 5.41) is 9.03. The molecule has 1 heterocycles. The van der Waals surface area contributed by atoms with Crippen LogP contribution in [0.15, 0.2) is 71.1 Å². The molecule has 1 aliphatic carbocycles. The summed E-state index contributed by atoms with van der Waals surface area (Å²) in [7, 11) is 0. The minimum atomic E-state index is 0.121. The zero-order valence-corrected chi connectivity index (χ0v) is 18.5. The Kier molecular flexibility index (Phi) is 7.03. The fraction of sp³-hybridized carbons (Fsp3) is 0.333. The van der Waals surface area contributed by atoms with Crippen LogP contribution in [0.2, 0.25) is 0 Å². The van der Waals surface area contributed by atoms with Crippen molar-refractivity contribution >= 4 is 5.91 Å². The number of nitrogens with zero attached hydrogens (tertiary/aromatic N) is 3. The van der Waals surface area contributed by atoms with Crippen LogP contribution in [-0.2, 0) is 24.3 Å². The molecule has 0 bridgehead atoms. The van der Waals surface area contributed by atoms with Crippen LogP contribution in [0.5, 0.6) is 0 Å². The molecule has 5 heteroatoms. The number of amides is 1. The molecular formula is C27H29N3O2. The third kappa shape index (κ3) is 6.09. The molecule has 1 aliphatic rings. The quantitative estimate of drug-likeness (QED) is 0.471. The maximum absolute atomic E-state index is 13.4. The van der Waals surface area contributed by atoms with Gasteiger partial charge in [-0.05, 0) is 61.6 Å². The van der Waals surface area contributed by atoms with Crippen molar-refractivity contribution in [2.75, 3.05) is 13.1 Å². The molecule has 4 rings (SSSR count). The zero-order chi connectivity index (χ0) is 22.3. The van der Waals surface area contributed by atoms with Gasteiger partial charge in [-0.15, -0.1) is 0 Å². The molecule has 0 atom stereocenters. The van der Waals surface area contributed by atoms with Crippen molar-refractivity contribution < 1.29 is 9.21 Å². The third-order valence-corrected chi connectivity index (χ3v) is 5.88. The Morgan fingerprint density at radius 1 is 1.00 bits per heavy atom. The van der Waals surface area contributed by atoms with Crippen LogP contribution in [0.4, 0.5) is 0 Å². The molecule has 0 N–H and O–H groups in total. The highest BCUT2D eigenvalue weighted by Crippen LogP contribution is 2.28. The van der Waals surface area contributed by atoms with Crippen molar-refractivity contribution in [2.45, 2.75) is 45.3 Å². The van der Waals surface area contributed by atoms with Crippen LogP contribution >= 0.6 is 0 Å². The predicted octanol–water partition coefficient (Wildman–Crippen LogP) is 4.70. The molecule has 0 aliphatic heterocycles. The number of carbonyl (C=O) groups is 1. The molecule has 1 aromatic heterocycles. The lowest BCUT2D eigenvalue weighted by molar-refractivity contribution is -0.133. The molecule has 0 unspecified atom stereocenters. The van der Waals surface area contributed by atoms with E-state index in [4.69, 9.17) is 9.68 Å². The first-order chi connectivity index (χ1) is 15.6. The van der Waals surface area contributed by atoms with Gasteiger partial charge >= 0.3 is 0 Å². The summed E-state index contributed by atoms with van der Waals surface area (Å²) >= 11 is 0. The molecule has 0 saturated heterocycles. The highest BCUT2D eigenvalue weighted by atomic mass is 16.3. The second-order valence-corrected chi connectivity index (χ2v) is 8.51. The fourth-order valence-corrected chi connectivity index (χ4v) is 3.91. The Morgan fingerprint density at radius 3 is 2.38 bits per heavy atom. The fourth-order valence-electron chi connectivity index (χ4n) is 3.91. The van der Waals surface area contributed by atoms with Gasteiger partial charge in [0.1, 0.15) is 11.5 Å². The van der Waals surface area contributed by atoms with Crippen molar-refractivity contribution in [1.29, 1.82) is 5.26 Å². The first kappa shape index (κ1) is 21.9. The van der Waals surface area contributed by atoms with E-state index < -0.39 is 0 Å². The van der Waals surface area contributed by atoms with Crippen LogP contribution in [0.25, 0.3) is 0 Å².